The Bertz CT molecular complexity index is 824. The lowest BCUT2D eigenvalue weighted by Gasteiger charge is -2.56. The van der Waals surface area contributed by atoms with Crippen molar-refractivity contribution in [2.24, 2.45) is 40.2 Å². The molecule has 172 valence electrons. The number of hydrogen-bond acceptors (Lipinski definition) is 3. The molecule has 1 aromatic rings. The van der Waals surface area contributed by atoms with E-state index < -0.39 is 0 Å². The van der Waals surface area contributed by atoms with Crippen LogP contribution in [-0.2, 0) is 12.8 Å². The highest BCUT2D eigenvalue weighted by Gasteiger charge is 2.56. The minimum atomic E-state index is 0.0947. The molecule has 6 atom stereocenters. The van der Waals surface area contributed by atoms with Crippen molar-refractivity contribution in [3.63, 3.8) is 0 Å². The second-order valence-electron chi connectivity index (χ2n) is 11.8. The second-order valence-corrected chi connectivity index (χ2v) is 11.8. The quantitative estimate of drug-likeness (QED) is 0.663. The highest BCUT2D eigenvalue weighted by Crippen LogP contribution is 2.62. The molecule has 1 heterocycles. The Morgan fingerprint density at radius 2 is 1.94 bits per heavy atom. The first kappa shape index (κ1) is 21.7. The van der Waals surface area contributed by atoms with Crippen LogP contribution in [0.15, 0.2) is 18.3 Å². The number of aliphatic hydroxyl groups excluding tert-OH is 1. The number of hydrogen-bond donors (Lipinski definition) is 2. The van der Waals surface area contributed by atoms with Gasteiger partial charge in [0, 0.05) is 12.3 Å². The molecule has 4 nitrogen and oxygen atoms in total. The molecular formula is C27H43N3O. The van der Waals surface area contributed by atoms with Gasteiger partial charge in [0.2, 0.25) is 0 Å². The molecule has 1 aromatic heterocycles. The summed E-state index contributed by atoms with van der Waals surface area (Å²) in [6.45, 7) is 10.4. The first-order chi connectivity index (χ1) is 14.9. The maximum absolute atomic E-state index is 10.6. The lowest BCUT2D eigenvalue weighted by atomic mass is 9.49. The van der Waals surface area contributed by atoms with Gasteiger partial charge in [-0.25, -0.2) is 0 Å². The lowest BCUT2D eigenvalue weighted by Crippen LogP contribution is -2.53. The van der Waals surface area contributed by atoms with Crippen LogP contribution in [0.3, 0.4) is 0 Å². The summed E-state index contributed by atoms with van der Waals surface area (Å²) in [4.78, 5) is 0. The van der Waals surface area contributed by atoms with Crippen LogP contribution in [0, 0.1) is 34.5 Å². The van der Waals surface area contributed by atoms with Crippen LogP contribution < -0.4 is 5.73 Å². The van der Waals surface area contributed by atoms with Crippen LogP contribution in [0.1, 0.15) is 88.9 Å². The van der Waals surface area contributed by atoms with Crippen LogP contribution in [0.25, 0.3) is 0 Å². The van der Waals surface area contributed by atoms with Crippen molar-refractivity contribution >= 4 is 0 Å². The summed E-state index contributed by atoms with van der Waals surface area (Å²) in [5.41, 5.74) is 11.2. The average Bonchev–Trinajstić information content (AvgIpc) is 3.32. The van der Waals surface area contributed by atoms with E-state index in [1.54, 1.807) is 0 Å². The molecule has 3 saturated carbocycles. The van der Waals surface area contributed by atoms with Gasteiger partial charge in [0.1, 0.15) is 0 Å². The molecule has 5 rings (SSSR count). The minimum Gasteiger partial charge on any atom is -0.396 e. The molecule has 0 bridgehead atoms. The zero-order valence-electron chi connectivity index (χ0n) is 19.8. The van der Waals surface area contributed by atoms with Crippen LogP contribution in [0.4, 0.5) is 0 Å². The normalized spacial score (nSPS) is 41.2. The summed E-state index contributed by atoms with van der Waals surface area (Å²) in [7, 11) is 0. The highest BCUT2D eigenvalue weighted by atomic mass is 16.3. The van der Waals surface area contributed by atoms with Crippen molar-refractivity contribution in [3.8, 4) is 0 Å². The third-order valence-corrected chi connectivity index (χ3v) is 10.6. The van der Waals surface area contributed by atoms with Crippen molar-refractivity contribution in [1.82, 2.24) is 9.78 Å². The summed E-state index contributed by atoms with van der Waals surface area (Å²) in [6.07, 6.45) is 15.6. The van der Waals surface area contributed by atoms with E-state index in [4.69, 9.17) is 10.8 Å². The van der Waals surface area contributed by atoms with Gasteiger partial charge >= 0.3 is 0 Å². The highest BCUT2D eigenvalue weighted by molar-refractivity contribution is 5.28. The van der Waals surface area contributed by atoms with Gasteiger partial charge in [-0.1, -0.05) is 45.3 Å². The van der Waals surface area contributed by atoms with Gasteiger partial charge in [-0.05, 0) is 98.0 Å². The van der Waals surface area contributed by atoms with Gasteiger partial charge in [0.25, 0.3) is 0 Å². The van der Waals surface area contributed by atoms with Gasteiger partial charge in [0.15, 0.2) is 0 Å². The Labute approximate surface area is 188 Å². The topological polar surface area (TPSA) is 64.1 Å². The largest absolute Gasteiger partial charge is 0.396 e. The van der Waals surface area contributed by atoms with Gasteiger partial charge in [0.05, 0.1) is 12.2 Å². The Morgan fingerprint density at radius 1 is 1.16 bits per heavy atom. The van der Waals surface area contributed by atoms with E-state index in [0.717, 1.165) is 19.4 Å². The molecule has 4 heteroatoms. The Kier molecular flexibility index (Phi) is 5.62. The van der Waals surface area contributed by atoms with Gasteiger partial charge in [-0.3, -0.25) is 4.68 Å². The van der Waals surface area contributed by atoms with Crippen LogP contribution in [0.2, 0.25) is 0 Å². The molecule has 0 radical (unpaired) electrons. The van der Waals surface area contributed by atoms with Gasteiger partial charge in [-0.2, -0.15) is 5.10 Å². The fraction of sp³-hybridized carbons (Fsp3) is 0.815. The van der Waals surface area contributed by atoms with Crippen LogP contribution >= 0.6 is 0 Å². The van der Waals surface area contributed by atoms with Crippen molar-refractivity contribution < 1.29 is 5.11 Å². The van der Waals surface area contributed by atoms with Crippen LogP contribution in [-0.4, -0.2) is 28.0 Å². The predicted molar refractivity (Wildman–Crippen MR) is 126 cm³/mol. The number of aliphatic hydroxyl groups is 1. The van der Waals surface area contributed by atoms with E-state index >= 15 is 0 Å². The zero-order chi connectivity index (χ0) is 21.8. The maximum Gasteiger partial charge on any atom is 0.0525 e. The molecule has 0 saturated heterocycles. The number of nitrogens with zero attached hydrogens (tertiary/aromatic N) is 2. The number of nitrogens with two attached hydrogens (primary N) is 1. The first-order valence-corrected chi connectivity index (χ1v) is 13.0. The van der Waals surface area contributed by atoms with Crippen molar-refractivity contribution in [2.75, 3.05) is 13.2 Å². The van der Waals surface area contributed by atoms with E-state index in [-0.39, 0.29) is 17.4 Å². The summed E-state index contributed by atoms with van der Waals surface area (Å²) in [5, 5.41) is 15.5. The molecule has 0 spiro atoms. The van der Waals surface area contributed by atoms with E-state index in [1.165, 1.54) is 74.6 Å². The second kappa shape index (κ2) is 8.02. The Hall–Kier alpha value is -1.13. The van der Waals surface area contributed by atoms with E-state index in [0.29, 0.717) is 29.7 Å². The molecule has 4 unspecified atom stereocenters. The number of rotatable bonds is 4. The number of fused-ring (bicyclic) bond motifs is 2. The molecule has 0 aliphatic heterocycles. The molecule has 4 aliphatic carbocycles. The summed E-state index contributed by atoms with van der Waals surface area (Å²) >= 11 is 0. The van der Waals surface area contributed by atoms with E-state index in [1.807, 2.05) is 0 Å². The van der Waals surface area contributed by atoms with Crippen LogP contribution in [0.5, 0.6) is 0 Å². The van der Waals surface area contributed by atoms with Crippen molar-refractivity contribution in [2.45, 2.75) is 90.5 Å². The molecule has 3 fully saturated rings. The minimum absolute atomic E-state index is 0.0947. The zero-order valence-corrected chi connectivity index (χ0v) is 19.8. The summed E-state index contributed by atoms with van der Waals surface area (Å²) < 4.78 is 2.36. The Morgan fingerprint density at radius 3 is 2.65 bits per heavy atom. The molecule has 31 heavy (non-hydrogen) atoms. The summed E-state index contributed by atoms with van der Waals surface area (Å²) in [6, 6.07) is 0.567. The maximum atomic E-state index is 10.6. The number of allylic oxidation sites excluding steroid dienone is 1. The molecule has 0 amide bonds. The number of aromatic nitrogens is 2. The molecular weight excluding hydrogens is 382 g/mol. The molecule has 0 aromatic carbocycles. The van der Waals surface area contributed by atoms with E-state index in [9.17, 15) is 5.11 Å². The Balaban J connectivity index is 1.45. The van der Waals surface area contributed by atoms with Gasteiger partial charge in [-0.15, -0.1) is 0 Å². The SMILES string of the molecule is C=C1CCC2C(CN)C([C@@]3(C)Cc4cnn(C5CCCCC5)c4C[C@@H]3CO)CCC12C. The fourth-order valence-corrected chi connectivity index (χ4v) is 8.51. The van der Waals surface area contributed by atoms with Crippen molar-refractivity contribution in [3.05, 3.63) is 29.6 Å². The third-order valence-electron chi connectivity index (χ3n) is 10.6. The standard InChI is InChI=1S/C27H43N3O/c1-18-9-10-23-22(15-28)24(11-12-26(18,23)2)27(3)14-19-16-29-30(21-7-5-4-6-8-21)25(19)13-20(27)17-31/h16,20-24,31H,1,4-15,17,28H2,2-3H3/t20-,22?,23?,24?,26?,27+/m1/s1. The van der Waals surface area contributed by atoms with Crippen molar-refractivity contribution in [1.29, 1.82) is 0 Å². The predicted octanol–water partition coefficient (Wildman–Crippen LogP) is 5.06. The fourth-order valence-electron chi connectivity index (χ4n) is 8.51. The molecule has 4 aliphatic rings. The summed E-state index contributed by atoms with van der Waals surface area (Å²) in [5.74, 6) is 2.06. The first-order valence-electron chi connectivity index (χ1n) is 13.0. The van der Waals surface area contributed by atoms with Gasteiger partial charge < -0.3 is 10.8 Å². The molecule has 3 N–H and O–H groups in total. The third kappa shape index (κ3) is 3.27. The smallest absolute Gasteiger partial charge is 0.0525 e. The monoisotopic (exact) mass is 425 g/mol. The van der Waals surface area contributed by atoms with E-state index in [2.05, 4.69) is 31.3 Å². The lowest BCUT2D eigenvalue weighted by molar-refractivity contribution is -0.0541. The average molecular weight is 426 g/mol.